The number of hydrogen-bond acceptors (Lipinski definition) is 2. The van der Waals surface area contributed by atoms with Crippen LogP contribution in [0.1, 0.15) is 51.3 Å². The number of rotatable bonds is 11. The van der Waals surface area contributed by atoms with Crippen LogP contribution in [0.5, 0.6) is 0 Å². The fraction of sp³-hybridized carbons (Fsp3) is 0.520. The minimum atomic E-state index is 0.253. The first-order chi connectivity index (χ1) is 13.0. The van der Waals surface area contributed by atoms with E-state index in [1.54, 1.807) is 0 Å². The topological polar surface area (TPSA) is 18.5 Å². The molecule has 2 aromatic carbocycles. The Morgan fingerprint density at radius 2 is 1.30 bits per heavy atom. The van der Waals surface area contributed by atoms with Gasteiger partial charge in [-0.15, -0.1) is 0 Å². The standard InChI is InChI=1S/C25H36O2/c1-19(2)21(4)27-18-25-13-11-24(12-14-25)17-20(3)22(5)26-16-15-23-9-7-6-8-10-23/h6-14,19-22H,15-18H2,1-5H3. The van der Waals surface area contributed by atoms with Crippen LogP contribution in [0.4, 0.5) is 0 Å². The Bertz CT molecular complexity index is 633. The highest BCUT2D eigenvalue weighted by Gasteiger charge is 2.14. The summed E-state index contributed by atoms with van der Waals surface area (Å²) in [4.78, 5) is 0. The molecule has 0 aliphatic carbocycles. The Labute approximate surface area is 165 Å². The SMILES string of the molecule is CC(C)C(C)OCc1ccc(CC(C)C(C)OCCc2ccccc2)cc1. The van der Waals surface area contributed by atoms with Crippen molar-refractivity contribution in [3.8, 4) is 0 Å². The fourth-order valence-electron chi connectivity index (χ4n) is 2.90. The van der Waals surface area contributed by atoms with Crippen molar-refractivity contribution in [3.63, 3.8) is 0 Å². The first-order valence-electron chi connectivity index (χ1n) is 10.3. The third-order valence-electron chi connectivity index (χ3n) is 5.45. The molecule has 2 rings (SSSR count). The average molecular weight is 369 g/mol. The number of benzene rings is 2. The molecule has 0 saturated carbocycles. The van der Waals surface area contributed by atoms with E-state index in [0.717, 1.165) is 19.4 Å². The first kappa shape index (κ1) is 21.7. The van der Waals surface area contributed by atoms with Gasteiger partial charge in [-0.25, -0.2) is 0 Å². The molecule has 3 atom stereocenters. The van der Waals surface area contributed by atoms with Crippen LogP contribution in [0.2, 0.25) is 0 Å². The van der Waals surface area contributed by atoms with E-state index in [2.05, 4.69) is 89.2 Å². The molecule has 0 aliphatic heterocycles. The second-order valence-corrected chi connectivity index (χ2v) is 8.07. The number of ether oxygens (including phenoxy) is 2. The lowest BCUT2D eigenvalue weighted by Crippen LogP contribution is -2.21. The van der Waals surface area contributed by atoms with Gasteiger partial charge in [-0.1, -0.05) is 75.4 Å². The van der Waals surface area contributed by atoms with Gasteiger partial charge in [0.15, 0.2) is 0 Å². The Hall–Kier alpha value is -1.64. The van der Waals surface area contributed by atoms with E-state index < -0.39 is 0 Å². The lowest BCUT2D eigenvalue weighted by atomic mass is 9.96. The van der Waals surface area contributed by atoms with E-state index in [1.807, 2.05) is 0 Å². The maximum atomic E-state index is 6.07. The van der Waals surface area contributed by atoms with Crippen molar-refractivity contribution in [1.29, 1.82) is 0 Å². The van der Waals surface area contributed by atoms with E-state index in [1.165, 1.54) is 16.7 Å². The van der Waals surface area contributed by atoms with Crippen molar-refractivity contribution in [1.82, 2.24) is 0 Å². The summed E-state index contributed by atoms with van der Waals surface area (Å²) in [6.45, 7) is 12.4. The Balaban J connectivity index is 1.73. The van der Waals surface area contributed by atoms with Crippen molar-refractivity contribution in [2.45, 2.75) is 66.3 Å². The molecule has 0 N–H and O–H groups in total. The summed E-state index contributed by atoms with van der Waals surface area (Å²) in [5, 5.41) is 0. The Kier molecular flexibility index (Phi) is 9.03. The van der Waals surface area contributed by atoms with Gasteiger partial charge in [-0.3, -0.25) is 0 Å². The van der Waals surface area contributed by atoms with Gasteiger partial charge in [-0.2, -0.15) is 0 Å². The van der Waals surface area contributed by atoms with Gasteiger partial charge >= 0.3 is 0 Å². The molecule has 0 fully saturated rings. The third-order valence-corrected chi connectivity index (χ3v) is 5.45. The van der Waals surface area contributed by atoms with E-state index in [0.29, 0.717) is 24.5 Å². The summed E-state index contributed by atoms with van der Waals surface area (Å²) < 4.78 is 12.0. The molecule has 0 radical (unpaired) electrons. The molecule has 148 valence electrons. The van der Waals surface area contributed by atoms with E-state index >= 15 is 0 Å². The summed E-state index contributed by atoms with van der Waals surface area (Å²) in [7, 11) is 0. The van der Waals surface area contributed by atoms with Crippen molar-refractivity contribution in [2.24, 2.45) is 11.8 Å². The highest BCUT2D eigenvalue weighted by atomic mass is 16.5. The largest absolute Gasteiger partial charge is 0.378 e. The molecule has 27 heavy (non-hydrogen) atoms. The second-order valence-electron chi connectivity index (χ2n) is 8.07. The van der Waals surface area contributed by atoms with Crippen LogP contribution in [0, 0.1) is 11.8 Å². The smallest absolute Gasteiger partial charge is 0.0720 e. The predicted octanol–water partition coefficient (Wildman–Crippen LogP) is 6.07. The van der Waals surface area contributed by atoms with Gasteiger partial charge < -0.3 is 9.47 Å². The van der Waals surface area contributed by atoms with Crippen LogP contribution in [0.25, 0.3) is 0 Å². The van der Waals surface area contributed by atoms with Crippen LogP contribution in [-0.4, -0.2) is 18.8 Å². The highest BCUT2D eigenvalue weighted by molar-refractivity contribution is 5.22. The molecule has 0 aromatic heterocycles. The van der Waals surface area contributed by atoms with Crippen molar-refractivity contribution >= 4 is 0 Å². The van der Waals surface area contributed by atoms with E-state index in [-0.39, 0.29) is 6.10 Å². The molecule has 0 aliphatic rings. The van der Waals surface area contributed by atoms with Gasteiger partial charge in [0.05, 0.1) is 25.4 Å². The molecule has 0 bridgehead atoms. The van der Waals surface area contributed by atoms with Crippen molar-refractivity contribution in [3.05, 3.63) is 71.3 Å². The lowest BCUT2D eigenvalue weighted by Gasteiger charge is -2.21. The monoisotopic (exact) mass is 368 g/mol. The van der Waals surface area contributed by atoms with Gasteiger partial charge in [0, 0.05) is 0 Å². The summed E-state index contributed by atoms with van der Waals surface area (Å²) in [6.07, 6.45) is 2.56. The quantitative estimate of drug-likeness (QED) is 0.479. The van der Waals surface area contributed by atoms with Gasteiger partial charge in [0.2, 0.25) is 0 Å². The normalized spacial score (nSPS) is 14.9. The zero-order chi connectivity index (χ0) is 19.6. The van der Waals surface area contributed by atoms with Gasteiger partial charge in [0.25, 0.3) is 0 Å². The van der Waals surface area contributed by atoms with Gasteiger partial charge in [-0.05, 0) is 55.2 Å². The minimum absolute atomic E-state index is 0.253. The zero-order valence-corrected chi connectivity index (χ0v) is 17.7. The second kappa shape index (κ2) is 11.3. The van der Waals surface area contributed by atoms with Crippen LogP contribution < -0.4 is 0 Å². The zero-order valence-electron chi connectivity index (χ0n) is 17.7. The molecule has 0 amide bonds. The molecular formula is C25H36O2. The average Bonchev–Trinajstić information content (AvgIpc) is 2.67. The predicted molar refractivity (Wildman–Crippen MR) is 114 cm³/mol. The number of hydrogen-bond donors (Lipinski definition) is 0. The van der Waals surface area contributed by atoms with Gasteiger partial charge in [0.1, 0.15) is 0 Å². The maximum absolute atomic E-state index is 6.07. The molecule has 2 aromatic rings. The van der Waals surface area contributed by atoms with Crippen LogP contribution in [-0.2, 0) is 28.9 Å². The summed E-state index contributed by atoms with van der Waals surface area (Å²) in [6, 6.07) is 19.4. The summed E-state index contributed by atoms with van der Waals surface area (Å²) in [5.41, 5.74) is 3.94. The van der Waals surface area contributed by atoms with E-state index in [9.17, 15) is 0 Å². The first-order valence-corrected chi connectivity index (χ1v) is 10.3. The highest BCUT2D eigenvalue weighted by Crippen LogP contribution is 2.17. The minimum Gasteiger partial charge on any atom is -0.378 e. The lowest BCUT2D eigenvalue weighted by molar-refractivity contribution is 0.0234. The third kappa shape index (κ3) is 7.86. The summed E-state index contributed by atoms with van der Waals surface area (Å²) >= 11 is 0. The molecule has 0 saturated heterocycles. The summed E-state index contributed by atoms with van der Waals surface area (Å²) in [5.74, 6) is 1.04. The van der Waals surface area contributed by atoms with E-state index in [4.69, 9.17) is 9.47 Å². The molecule has 0 heterocycles. The van der Waals surface area contributed by atoms with Crippen molar-refractivity contribution < 1.29 is 9.47 Å². The molecule has 3 unspecified atom stereocenters. The molecule has 2 heteroatoms. The van der Waals surface area contributed by atoms with Crippen molar-refractivity contribution in [2.75, 3.05) is 6.61 Å². The van der Waals surface area contributed by atoms with Crippen LogP contribution in [0.15, 0.2) is 54.6 Å². The van der Waals surface area contributed by atoms with Crippen LogP contribution in [0.3, 0.4) is 0 Å². The fourth-order valence-corrected chi connectivity index (χ4v) is 2.90. The Morgan fingerprint density at radius 1 is 0.667 bits per heavy atom. The molecule has 2 nitrogen and oxygen atoms in total. The molecular weight excluding hydrogens is 332 g/mol. The Morgan fingerprint density at radius 3 is 1.93 bits per heavy atom. The molecule has 0 spiro atoms. The van der Waals surface area contributed by atoms with Crippen LogP contribution >= 0.6 is 0 Å². The maximum Gasteiger partial charge on any atom is 0.0720 e.